The summed E-state index contributed by atoms with van der Waals surface area (Å²) in [5.41, 5.74) is 7.16. The first-order valence-corrected chi connectivity index (χ1v) is 5.30. The van der Waals surface area contributed by atoms with Gasteiger partial charge >= 0.3 is 0 Å². The summed E-state index contributed by atoms with van der Waals surface area (Å²) >= 11 is 0. The average Bonchev–Trinajstić information content (AvgIpc) is 2.29. The number of rotatable bonds is 2. The molecule has 1 unspecified atom stereocenters. The lowest BCUT2D eigenvalue weighted by Crippen LogP contribution is -2.40. The van der Waals surface area contributed by atoms with Crippen LogP contribution in [0.4, 0.5) is 0 Å². The van der Waals surface area contributed by atoms with Crippen LogP contribution in [0.15, 0.2) is 18.2 Å². The molecule has 3 heteroatoms. The van der Waals surface area contributed by atoms with E-state index in [1.54, 1.807) is 7.11 Å². The topological polar surface area (TPSA) is 44.5 Å². The molecule has 0 spiro atoms. The van der Waals surface area contributed by atoms with Crippen molar-refractivity contribution in [3.63, 3.8) is 0 Å². The van der Waals surface area contributed by atoms with Gasteiger partial charge in [0.2, 0.25) is 0 Å². The van der Waals surface area contributed by atoms with Gasteiger partial charge in [-0.25, -0.2) is 0 Å². The van der Waals surface area contributed by atoms with Gasteiger partial charge in [-0.05, 0) is 12.5 Å². The maximum absolute atomic E-state index is 6.36. The highest BCUT2D eigenvalue weighted by Gasteiger charge is 2.33. The van der Waals surface area contributed by atoms with Crippen LogP contribution in [-0.2, 0) is 5.54 Å². The normalized spacial score (nSPS) is 24.2. The summed E-state index contributed by atoms with van der Waals surface area (Å²) in [6.07, 6.45) is 1.78. The Balaban J connectivity index is 2.53. The van der Waals surface area contributed by atoms with Crippen molar-refractivity contribution in [2.24, 2.45) is 5.73 Å². The predicted octanol–water partition coefficient (Wildman–Crippen LogP) is 2.04. The molecule has 0 aromatic heterocycles. The van der Waals surface area contributed by atoms with Crippen molar-refractivity contribution in [2.45, 2.75) is 25.3 Å². The molecule has 2 rings (SSSR count). The number of benzene rings is 1. The molecule has 1 aliphatic rings. The van der Waals surface area contributed by atoms with Crippen LogP contribution in [0.25, 0.3) is 0 Å². The molecule has 15 heavy (non-hydrogen) atoms. The summed E-state index contributed by atoms with van der Waals surface area (Å²) in [5, 5.41) is 0. The van der Waals surface area contributed by atoms with Gasteiger partial charge in [-0.1, -0.05) is 19.1 Å². The molecular formula is C12H17NO2. The number of hydrogen-bond acceptors (Lipinski definition) is 3. The highest BCUT2D eigenvalue weighted by atomic mass is 16.5. The lowest BCUT2D eigenvalue weighted by atomic mass is 9.83. The van der Waals surface area contributed by atoms with Gasteiger partial charge in [-0.15, -0.1) is 0 Å². The van der Waals surface area contributed by atoms with Crippen LogP contribution in [0.2, 0.25) is 0 Å². The van der Waals surface area contributed by atoms with Crippen molar-refractivity contribution in [1.29, 1.82) is 0 Å². The van der Waals surface area contributed by atoms with Gasteiger partial charge in [0.25, 0.3) is 0 Å². The smallest absolute Gasteiger partial charge is 0.166 e. The molecule has 1 aromatic rings. The zero-order valence-electron chi connectivity index (χ0n) is 9.25. The molecule has 1 atom stereocenters. The van der Waals surface area contributed by atoms with Crippen molar-refractivity contribution in [3.05, 3.63) is 23.8 Å². The Kier molecular flexibility index (Phi) is 2.57. The third-order valence-corrected chi connectivity index (χ3v) is 3.16. The summed E-state index contributed by atoms with van der Waals surface area (Å²) in [5.74, 6) is 1.59. The number of ether oxygens (including phenoxy) is 2. The monoisotopic (exact) mass is 207 g/mol. The minimum Gasteiger partial charge on any atom is -0.493 e. The second kappa shape index (κ2) is 3.74. The zero-order valence-corrected chi connectivity index (χ0v) is 9.25. The van der Waals surface area contributed by atoms with Crippen LogP contribution in [-0.4, -0.2) is 13.7 Å². The molecule has 0 aliphatic carbocycles. The summed E-state index contributed by atoms with van der Waals surface area (Å²) < 4.78 is 10.9. The maximum atomic E-state index is 6.36. The molecule has 0 saturated carbocycles. The maximum Gasteiger partial charge on any atom is 0.166 e. The van der Waals surface area contributed by atoms with Crippen molar-refractivity contribution in [2.75, 3.05) is 13.7 Å². The molecule has 0 bridgehead atoms. The highest BCUT2D eigenvalue weighted by molar-refractivity contribution is 5.50. The minimum absolute atomic E-state index is 0.262. The fourth-order valence-electron chi connectivity index (χ4n) is 2.05. The first-order chi connectivity index (χ1) is 7.21. The van der Waals surface area contributed by atoms with Crippen LogP contribution in [0, 0.1) is 0 Å². The average molecular weight is 207 g/mol. The summed E-state index contributed by atoms with van der Waals surface area (Å²) in [4.78, 5) is 0. The van der Waals surface area contributed by atoms with E-state index in [9.17, 15) is 0 Å². The second-order valence-electron chi connectivity index (χ2n) is 3.95. The van der Waals surface area contributed by atoms with Crippen molar-refractivity contribution < 1.29 is 9.47 Å². The van der Waals surface area contributed by atoms with Gasteiger partial charge in [0.1, 0.15) is 0 Å². The van der Waals surface area contributed by atoms with E-state index in [2.05, 4.69) is 6.92 Å². The van der Waals surface area contributed by atoms with Crippen LogP contribution >= 0.6 is 0 Å². The fraction of sp³-hybridized carbons (Fsp3) is 0.500. The SMILES string of the molecule is CCC1(N)CCOc2c(OC)cccc21. The lowest BCUT2D eigenvalue weighted by Gasteiger charge is -2.35. The summed E-state index contributed by atoms with van der Waals surface area (Å²) in [7, 11) is 1.65. The predicted molar refractivity (Wildman–Crippen MR) is 59.3 cm³/mol. The number of fused-ring (bicyclic) bond motifs is 1. The number of hydrogen-bond donors (Lipinski definition) is 1. The van der Waals surface area contributed by atoms with E-state index in [1.807, 2.05) is 18.2 Å². The van der Waals surface area contributed by atoms with Gasteiger partial charge < -0.3 is 15.2 Å². The van der Waals surface area contributed by atoms with E-state index in [1.165, 1.54) is 0 Å². The molecule has 2 N–H and O–H groups in total. The summed E-state index contributed by atoms with van der Waals surface area (Å²) in [6.45, 7) is 2.77. The minimum atomic E-state index is -0.262. The summed E-state index contributed by atoms with van der Waals surface area (Å²) in [6, 6.07) is 5.89. The van der Waals surface area contributed by atoms with E-state index in [0.717, 1.165) is 29.9 Å². The Morgan fingerprint density at radius 2 is 2.33 bits per heavy atom. The largest absolute Gasteiger partial charge is 0.493 e. The number of methoxy groups -OCH3 is 1. The van der Waals surface area contributed by atoms with Gasteiger partial charge in [0.05, 0.1) is 13.7 Å². The van der Waals surface area contributed by atoms with Crippen molar-refractivity contribution in [3.8, 4) is 11.5 Å². The Bertz CT molecular complexity index is 365. The van der Waals surface area contributed by atoms with Crippen molar-refractivity contribution in [1.82, 2.24) is 0 Å². The molecular weight excluding hydrogens is 190 g/mol. The molecule has 1 aromatic carbocycles. The highest BCUT2D eigenvalue weighted by Crippen LogP contribution is 2.42. The molecule has 0 amide bonds. The Labute approximate surface area is 90.2 Å². The van der Waals surface area contributed by atoms with Crippen LogP contribution < -0.4 is 15.2 Å². The molecule has 3 nitrogen and oxygen atoms in total. The van der Waals surface area contributed by atoms with Crippen LogP contribution in [0.1, 0.15) is 25.3 Å². The first-order valence-electron chi connectivity index (χ1n) is 5.30. The van der Waals surface area contributed by atoms with Crippen molar-refractivity contribution >= 4 is 0 Å². The zero-order chi connectivity index (χ0) is 10.9. The first kappa shape index (κ1) is 10.3. The van der Waals surface area contributed by atoms with Gasteiger partial charge in [0.15, 0.2) is 11.5 Å². The van der Waals surface area contributed by atoms with Crippen LogP contribution in [0.5, 0.6) is 11.5 Å². The second-order valence-corrected chi connectivity index (χ2v) is 3.95. The fourth-order valence-corrected chi connectivity index (χ4v) is 2.05. The number of para-hydroxylation sites is 1. The van der Waals surface area contributed by atoms with E-state index < -0.39 is 0 Å². The standard InChI is InChI=1S/C12H17NO2/c1-3-12(13)7-8-15-11-9(12)5-4-6-10(11)14-2/h4-6H,3,7-8,13H2,1-2H3. The van der Waals surface area contributed by atoms with E-state index in [4.69, 9.17) is 15.2 Å². The Hall–Kier alpha value is -1.22. The molecule has 0 saturated heterocycles. The van der Waals surface area contributed by atoms with Crippen LogP contribution in [0.3, 0.4) is 0 Å². The van der Waals surface area contributed by atoms with Gasteiger partial charge in [0, 0.05) is 17.5 Å². The third-order valence-electron chi connectivity index (χ3n) is 3.16. The van der Waals surface area contributed by atoms with E-state index in [0.29, 0.717) is 6.61 Å². The third kappa shape index (κ3) is 1.57. The van der Waals surface area contributed by atoms with E-state index in [-0.39, 0.29) is 5.54 Å². The molecule has 1 aliphatic heterocycles. The lowest BCUT2D eigenvalue weighted by molar-refractivity contribution is 0.203. The molecule has 0 fully saturated rings. The Morgan fingerprint density at radius 3 is 3.00 bits per heavy atom. The van der Waals surface area contributed by atoms with E-state index >= 15 is 0 Å². The number of nitrogens with two attached hydrogens (primary N) is 1. The Morgan fingerprint density at radius 1 is 1.53 bits per heavy atom. The molecule has 0 radical (unpaired) electrons. The van der Waals surface area contributed by atoms with Gasteiger partial charge in [-0.2, -0.15) is 0 Å². The molecule has 1 heterocycles. The van der Waals surface area contributed by atoms with Gasteiger partial charge in [-0.3, -0.25) is 0 Å². The molecule has 82 valence electrons. The quantitative estimate of drug-likeness (QED) is 0.807.